The van der Waals surface area contributed by atoms with Crippen LogP contribution in [0.25, 0.3) is 0 Å². The van der Waals surface area contributed by atoms with Crippen LogP contribution in [-0.2, 0) is 9.22 Å². The Kier molecular flexibility index (Phi) is 5.42. The molecule has 1 fully saturated rings. The van der Waals surface area contributed by atoms with Gasteiger partial charge in [-0.05, 0) is 57.2 Å². The molecule has 0 heterocycles. The van der Waals surface area contributed by atoms with Crippen LogP contribution in [0, 0.1) is 5.41 Å². The molecule has 0 aromatic carbocycles. The number of Topliss-reactive ketones (excluding diaryl/α,β-unsaturated/α-hetero) is 1. The van der Waals surface area contributed by atoms with E-state index in [1.807, 2.05) is 6.08 Å². The summed E-state index contributed by atoms with van der Waals surface area (Å²) in [7, 11) is -1.69. The minimum absolute atomic E-state index is 0.158. The third-order valence-electron chi connectivity index (χ3n) is 5.44. The van der Waals surface area contributed by atoms with E-state index in [1.54, 1.807) is 6.92 Å². The van der Waals surface area contributed by atoms with Gasteiger partial charge in [0, 0.05) is 11.5 Å². The van der Waals surface area contributed by atoms with Crippen molar-refractivity contribution in [3.63, 3.8) is 0 Å². The molecule has 0 aliphatic heterocycles. The van der Waals surface area contributed by atoms with Gasteiger partial charge < -0.3 is 4.43 Å². The highest BCUT2D eigenvalue weighted by Crippen LogP contribution is 2.44. The van der Waals surface area contributed by atoms with Crippen LogP contribution in [0.1, 0.15) is 59.8 Å². The second-order valence-electron chi connectivity index (χ2n) is 7.91. The van der Waals surface area contributed by atoms with Crippen LogP contribution in [0.2, 0.25) is 18.1 Å². The van der Waals surface area contributed by atoms with Gasteiger partial charge in [-0.3, -0.25) is 4.79 Å². The summed E-state index contributed by atoms with van der Waals surface area (Å²) in [6, 6.07) is 0. The van der Waals surface area contributed by atoms with E-state index in [0.29, 0.717) is 11.9 Å². The van der Waals surface area contributed by atoms with Gasteiger partial charge in [-0.15, -0.1) is 6.58 Å². The van der Waals surface area contributed by atoms with Gasteiger partial charge in [-0.2, -0.15) is 0 Å². The van der Waals surface area contributed by atoms with Crippen molar-refractivity contribution in [2.75, 3.05) is 0 Å². The first-order valence-corrected chi connectivity index (χ1v) is 10.7. The van der Waals surface area contributed by atoms with E-state index in [0.717, 1.165) is 32.1 Å². The van der Waals surface area contributed by atoms with Gasteiger partial charge >= 0.3 is 0 Å². The van der Waals surface area contributed by atoms with Crippen LogP contribution >= 0.6 is 0 Å². The van der Waals surface area contributed by atoms with E-state index in [1.165, 1.54) is 0 Å². The van der Waals surface area contributed by atoms with Crippen molar-refractivity contribution in [1.82, 2.24) is 0 Å². The van der Waals surface area contributed by atoms with Crippen LogP contribution in [-0.4, -0.2) is 20.2 Å². The van der Waals surface area contributed by atoms with Crippen molar-refractivity contribution in [2.45, 2.75) is 84.0 Å². The van der Waals surface area contributed by atoms with Crippen LogP contribution in [0.4, 0.5) is 0 Å². The minimum atomic E-state index is -1.69. The second kappa shape index (κ2) is 6.14. The zero-order valence-corrected chi connectivity index (χ0v) is 15.2. The molecular weight excluding hydrogens is 264 g/mol. The van der Waals surface area contributed by atoms with Crippen LogP contribution in [0.3, 0.4) is 0 Å². The van der Waals surface area contributed by atoms with Gasteiger partial charge in [0.1, 0.15) is 5.78 Å². The van der Waals surface area contributed by atoms with Gasteiger partial charge in [-0.1, -0.05) is 26.8 Å². The highest BCUT2D eigenvalue weighted by molar-refractivity contribution is 6.74. The number of allylic oxidation sites excluding steroid dienone is 1. The first kappa shape index (κ1) is 17.6. The van der Waals surface area contributed by atoms with Crippen LogP contribution in [0.5, 0.6) is 0 Å². The lowest BCUT2D eigenvalue weighted by Gasteiger charge is -2.43. The van der Waals surface area contributed by atoms with Crippen molar-refractivity contribution >= 4 is 14.1 Å². The summed E-state index contributed by atoms with van der Waals surface area (Å²) in [6.45, 7) is 17.0. The van der Waals surface area contributed by atoms with E-state index in [-0.39, 0.29) is 10.5 Å². The Hall–Kier alpha value is -0.413. The molecule has 1 aliphatic carbocycles. The summed E-state index contributed by atoms with van der Waals surface area (Å²) in [5.74, 6) is 0.322. The zero-order chi connectivity index (χ0) is 15.6. The first-order valence-electron chi connectivity index (χ1n) is 7.84. The van der Waals surface area contributed by atoms with Crippen molar-refractivity contribution in [3.05, 3.63) is 12.7 Å². The van der Waals surface area contributed by atoms with Crippen molar-refractivity contribution in [3.8, 4) is 0 Å². The van der Waals surface area contributed by atoms with Crippen LogP contribution in [0.15, 0.2) is 12.7 Å². The number of carbonyl (C=O) groups is 1. The molecule has 0 N–H and O–H groups in total. The molecule has 0 unspecified atom stereocenters. The zero-order valence-electron chi connectivity index (χ0n) is 14.2. The first-order chi connectivity index (χ1) is 9.04. The molecule has 0 aromatic heterocycles. The highest BCUT2D eigenvalue weighted by Gasteiger charge is 2.43. The Morgan fingerprint density at radius 3 is 2.20 bits per heavy atom. The molecule has 0 bridgehead atoms. The average molecular weight is 297 g/mol. The molecule has 0 aromatic rings. The third-order valence-corrected chi connectivity index (χ3v) is 9.97. The van der Waals surface area contributed by atoms with Crippen LogP contribution < -0.4 is 0 Å². The highest BCUT2D eigenvalue weighted by atomic mass is 28.4. The topological polar surface area (TPSA) is 26.3 Å². The average Bonchev–Trinajstić information content (AvgIpc) is 2.30. The smallest absolute Gasteiger partial charge is 0.192 e. The standard InChI is InChI=1S/C17H32O2Si/c1-8-11-17(14(2)18)12-9-15(10-13-17)19-20(6,7)16(3,4)5/h8,15H,1,9-13H2,2-7H3. The minimum Gasteiger partial charge on any atom is -0.414 e. The normalized spacial score (nSPS) is 28.2. The Labute approximate surface area is 126 Å². The fraction of sp³-hybridized carbons (Fsp3) is 0.824. The fourth-order valence-corrected chi connectivity index (χ4v) is 4.25. The van der Waals surface area contributed by atoms with Gasteiger partial charge in [0.15, 0.2) is 8.32 Å². The van der Waals surface area contributed by atoms with Crippen molar-refractivity contribution < 1.29 is 9.22 Å². The maximum absolute atomic E-state index is 12.0. The molecular formula is C17H32O2Si. The molecule has 1 aliphatic rings. The van der Waals surface area contributed by atoms with Gasteiger partial charge in [-0.25, -0.2) is 0 Å². The SMILES string of the molecule is C=CCC1(C(C)=O)CCC(O[Si](C)(C)C(C)(C)C)CC1. The summed E-state index contributed by atoms with van der Waals surface area (Å²) in [5, 5.41) is 0.253. The molecule has 1 rings (SSSR count). The number of hydrogen-bond acceptors (Lipinski definition) is 2. The third kappa shape index (κ3) is 3.82. The Morgan fingerprint density at radius 2 is 1.85 bits per heavy atom. The molecule has 0 atom stereocenters. The molecule has 1 saturated carbocycles. The quantitative estimate of drug-likeness (QED) is 0.521. The molecule has 0 radical (unpaired) electrons. The summed E-state index contributed by atoms with van der Waals surface area (Å²) in [4.78, 5) is 12.0. The maximum Gasteiger partial charge on any atom is 0.192 e. The Balaban J connectivity index is 2.67. The lowest BCUT2D eigenvalue weighted by molar-refractivity contribution is -0.129. The molecule has 20 heavy (non-hydrogen) atoms. The number of ketones is 1. The predicted molar refractivity (Wildman–Crippen MR) is 88.5 cm³/mol. The Morgan fingerprint density at radius 1 is 1.35 bits per heavy atom. The second-order valence-corrected chi connectivity index (χ2v) is 12.7. The molecule has 116 valence electrons. The molecule has 3 heteroatoms. The summed E-state index contributed by atoms with van der Waals surface area (Å²) in [6.07, 6.45) is 6.99. The van der Waals surface area contributed by atoms with Gasteiger partial charge in [0.05, 0.1) is 0 Å². The van der Waals surface area contributed by atoms with E-state index < -0.39 is 8.32 Å². The fourth-order valence-electron chi connectivity index (χ4n) is 2.83. The van der Waals surface area contributed by atoms with Gasteiger partial charge in [0.25, 0.3) is 0 Å². The number of hydrogen-bond donors (Lipinski definition) is 0. The number of carbonyl (C=O) groups excluding carboxylic acids is 1. The summed E-state index contributed by atoms with van der Waals surface area (Å²) >= 11 is 0. The lowest BCUT2D eigenvalue weighted by atomic mass is 9.69. The predicted octanol–water partition coefficient (Wildman–Crippen LogP) is 5.10. The van der Waals surface area contributed by atoms with Gasteiger partial charge in [0.2, 0.25) is 0 Å². The largest absolute Gasteiger partial charge is 0.414 e. The van der Waals surface area contributed by atoms with Crippen molar-refractivity contribution in [1.29, 1.82) is 0 Å². The van der Waals surface area contributed by atoms with E-state index in [9.17, 15) is 4.79 Å². The van der Waals surface area contributed by atoms with E-state index >= 15 is 0 Å². The van der Waals surface area contributed by atoms with E-state index in [4.69, 9.17) is 4.43 Å². The summed E-state index contributed by atoms with van der Waals surface area (Å²) in [5.41, 5.74) is -0.158. The van der Waals surface area contributed by atoms with E-state index in [2.05, 4.69) is 40.4 Å². The lowest BCUT2D eigenvalue weighted by Crippen LogP contribution is -2.46. The molecule has 2 nitrogen and oxygen atoms in total. The molecule has 0 saturated heterocycles. The van der Waals surface area contributed by atoms with Crippen molar-refractivity contribution in [2.24, 2.45) is 5.41 Å². The Bertz CT molecular complexity index is 358. The monoisotopic (exact) mass is 296 g/mol. The molecule has 0 spiro atoms. The summed E-state index contributed by atoms with van der Waals surface area (Å²) < 4.78 is 6.50. The number of rotatable bonds is 5. The molecule has 0 amide bonds. The maximum atomic E-state index is 12.0.